The van der Waals surface area contributed by atoms with Gasteiger partial charge >= 0.3 is 13.2 Å². The SMILES string of the molecule is C=C(B1OC(C)(C)C(C)(C)O1)[C@@H]1CC2COC[C@@H](C1)N2C(=O)OC(C)(C)C. The second kappa shape index (κ2) is 6.78. The molecule has 3 heterocycles. The predicted octanol–water partition coefficient (Wildman–Crippen LogP) is 3.59. The van der Waals surface area contributed by atoms with E-state index in [4.69, 9.17) is 18.8 Å². The standard InChI is InChI=1S/C20H34BNO5/c1-13(21-26-19(5,6)20(7,8)27-21)14-9-15-11-24-12-16(10-14)22(15)17(23)25-18(2,3)4/h14-16H,1,9-12H2,2-8H3/t14-,15+,16?/m0/s1. The monoisotopic (exact) mass is 379 g/mol. The number of nitrogens with zero attached hydrogens (tertiary/aromatic N) is 1. The van der Waals surface area contributed by atoms with E-state index in [1.165, 1.54) is 0 Å². The number of amides is 1. The molecule has 0 radical (unpaired) electrons. The van der Waals surface area contributed by atoms with Crippen molar-refractivity contribution in [2.75, 3.05) is 13.2 Å². The van der Waals surface area contributed by atoms with Gasteiger partial charge in [0.2, 0.25) is 0 Å². The number of piperidine rings is 1. The first-order valence-corrected chi connectivity index (χ1v) is 9.94. The van der Waals surface area contributed by atoms with Gasteiger partial charge in [0.1, 0.15) is 5.60 Å². The molecule has 1 unspecified atom stereocenters. The van der Waals surface area contributed by atoms with Crippen molar-refractivity contribution in [3.63, 3.8) is 0 Å². The maximum absolute atomic E-state index is 12.7. The highest BCUT2D eigenvalue weighted by Gasteiger charge is 2.54. The van der Waals surface area contributed by atoms with E-state index in [1.807, 2.05) is 53.4 Å². The van der Waals surface area contributed by atoms with E-state index in [0.717, 1.165) is 18.3 Å². The fourth-order valence-electron chi connectivity index (χ4n) is 4.02. The van der Waals surface area contributed by atoms with Crippen LogP contribution < -0.4 is 0 Å². The molecule has 0 aliphatic carbocycles. The van der Waals surface area contributed by atoms with E-state index in [0.29, 0.717) is 13.2 Å². The Bertz CT molecular complexity index is 582. The molecule has 0 spiro atoms. The fraction of sp³-hybridized carbons (Fsp3) is 0.850. The lowest BCUT2D eigenvalue weighted by Gasteiger charge is -2.48. The Morgan fingerprint density at radius 3 is 2.00 bits per heavy atom. The van der Waals surface area contributed by atoms with Gasteiger partial charge in [-0.2, -0.15) is 0 Å². The van der Waals surface area contributed by atoms with Gasteiger partial charge in [0, 0.05) is 0 Å². The van der Waals surface area contributed by atoms with Crippen molar-refractivity contribution in [1.29, 1.82) is 0 Å². The maximum atomic E-state index is 12.7. The first-order valence-electron chi connectivity index (χ1n) is 9.94. The summed E-state index contributed by atoms with van der Waals surface area (Å²) in [6, 6.07) is -0.00644. The van der Waals surface area contributed by atoms with Crippen molar-refractivity contribution in [2.24, 2.45) is 5.92 Å². The van der Waals surface area contributed by atoms with E-state index in [9.17, 15) is 4.79 Å². The molecule has 0 aromatic carbocycles. The highest BCUT2D eigenvalue weighted by molar-refractivity contribution is 6.54. The third-order valence-electron chi connectivity index (χ3n) is 6.21. The largest absolute Gasteiger partial charge is 0.490 e. The Morgan fingerprint density at radius 2 is 1.56 bits per heavy atom. The number of rotatable bonds is 2. The van der Waals surface area contributed by atoms with Crippen LogP contribution in [0.1, 0.15) is 61.3 Å². The molecule has 3 saturated heterocycles. The smallest absolute Gasteiger partial charge is 0.444 e. The normalized spacial score (nSPS) is 32.3. The van der Waals surface area contributed by atoms with Crippen LogP contribution in [0.2, 0.25) is 0 Å². The second-order valence-electron chi connectivity index (χ2n) is 10.1. The molecule has 3 fully saturated rings. The molecule has 0 aromatic heterocycles. The predicted molar refractivity (Wildman–Crippen MR) is 104 cm³/mol. The minimum Gasteiger partial charge on any atom is -0.444 e. The Morgan fingerprint density at radius 1 is 1.07 bits per heavy atom. The average Bonchev–Trinajstić information content (AvgIpc) is 2.71. The lowest BCUT2D eigenvalue weighted by Crippen LogP contribution is -2.60. The summed E-state index contributed by atoms with van der Waals surface area (Å²) in [6.45, 7) is 19.3. The molecule has 27 heavy (non-hydrogen) atoms. The van der Waals surface area contributed by atoms with Crippen molar-refractivity contribution >= 4 is 13.2 Å². The number of allylic oxidation sites excluding steroid dienone is 1. The molecule has 2 bridgehead atoms. The van der Waals surface area contributed by atoms with E-state index < -0.39 is 12.7 Å². The van der Waals surface area contributed by atoms with Gasteiger partial charge in [0.25, 0.3) is 0 Å². The number of hydrogen-bond acceptors (Lipinski definition) is 5. The lowest BCUT2D eigenvalue weighted by molar-refractivity contribution is -0.0859. The summed E-state index contributed by atoms with van der Waals surface area (Å²) in [5.41, 5.74) is -0.294. The zero-order valence-corrected chi connectivity index (χ0v) is 17.8. The van der Waals surface area contributed by atoms with Crippen LogP contribution in [0, 0.1) is 5.92 Å². The van der Waals surface area contributed by atoms with Gasteiger partial charge < -0.3 is 18.8 Å². The average molecular weight is 379 g/mol. The lowest BCUT2D eigenvalue weighted by atomic mass is 9.66. The van der Waals surface area contributed by atoms with Crippen LogP contribution >= 0.6 is 0 Å². The van der Waals surface area contributed by atoms with E-state index >= 15 is 0 Å². The summed E-state index contributed by atoms with van der Waals surface area (Å²) in [6.07, 6.45) is 1.33. The van der Waals surface area contributed by atoms with E-state index in [2.05, 4.69) is 6.58 Å². The van der Waals surface area contributed by atoms with Gasteiger partial charge in [-0.25, -0.2) is 4.79 Å². The molecule has 7 heteroatoms. The van der Waals surface area contributed by atoms with Crippen LogP contribution in [0.4, 0.5) is 4.79 Å². The van der Waals surface area contributed by atoms with Gasteiger partial charge in [-0.15, -0.1) is 6.58 Å². The van der Waals surface area contributed by atoms with Crippen molar-refractivity contribution in [3.8, 4) is 0 Å². The minimum absolute atomic E-state index is 0.00322. The van der Waals surface area contributed by atoms with Crippen LogP contribution in [-0.2, 0) is 18.8 Å². The Hall–Kier alpha value is -1.05. The third-order valence-corrected chi connectivity index (χ3v) is 6.21. The number of carbonyl (C=O) groups is 1. The summed E-state index contributed by atoms with van der Waals surface area (Å²) in [5.74, 6) is 0.234. The van der Waals surface area contributed by atoms with Crippen LogP contribution in [-0.4, -0.2) is 60.2 Å². The third kappa shape index (κ3) is 4.05. The van der Waals surface area contributed by atoms with Crippen LogP contribution in [0.25, 0.3) is 0 Å². The first kappa shape index (κ1) is 20.7. The molecule has 0 saturated carbocycles. The van der Waals surface area contributed by atoms with Crippen molar-refractivity contribution in [3.05, 3.63) is 12.1 Å². The van der Waals surface area contributed by atoms with Crippen LogP contribution in [0.15, 0.2) is 12.1 Å². The second-order valence-corrected chi connectivity index (χ2v) is 10.1. The number of ether oxygens (including phenoxy) is 2. The maximum Gasteiger partial charge on any atom is 0.490 e. The number of hydrogen-bond donors (Lipinski definition) is 0. The highest BCUT2D eigenvalue weighted by Crippen LogP contribution is 2.43. The quantitative estimate of drug-likeness (QED) is 0.687. The topological polar surface area (TPSA) is 57.2 Å². The van der Waals surface area contributed by atoms with E-state index in [1.54, 1.807) is 0 Å². The number of carbonyl (C=O) groups excluding carboxylic acids is 1. The molecule has 0 N–H and O–H groups in total. The number of morpholine rings is 1. The Kier molecular flexibility index (Phi) is 5.19. The zero-order chi connectivity index (χ0) is 20.2. The van der Waals surface area contributed by atoms with Gasteiger partial charge in [-0.3, -0.25) is 4.90 Å². The first-order chi connectivity index (χ1) is 12.3. The zero-order valence-electron chi connectivity index (χ0n) is 17.8. The summed E-state index contributed by atoms with van der Waals surface area (Å²) >= 11 is 0. The summed E-state index contributed by atoms with van der Waals surface area (Å²) < 4.78 is 23.7. The highest BCUT2D eigenvalue weighted by atomic mass is 16.7. The fourth-order valence-corrected chi connectivity index (χ4v) is 4.02. The Balaban J connectivity index is 1.70. The molecule has 152 valence electrons. The molecule has 6 nitrogen and oxygen atoms in total. The molecule has 3 atom stereocenters. The molecule has 3 aliphatic heterocycles. The summed E-state index contributed by atoms with van der Waals surface area (Å²) in [5, 5.41) is 0. The molecular formula is C20H34BNO5. The van der Waals surface area contributed by atoms with E-state index in [-0.39, 0.29) is 35.3 Å². The number of fused-ring (bicyclic) bond motifs is 2. The molecule has 1 amide bonds. The van der Waals surface area contributed by atoms with Crippen molar-refractivity contribution in [1.82, 2.24) is 4.90 Å². The summed E-state index contributed by atoms with van der Waals surface area (Å²) in [4.78, 5) is 14.6. The summed E-state index contributed by atoms with van der Waals surface area (Å²) in [7, 11) is -0.408. The minimum atomic E-state index is -0.505. The van der Waals surface area contributed by atoms with Gasteiger partial charge in [0.15, 0.2) is 0 Å². The van der Waals surface area contributed by atoms with Gasteiger partial charge in [0.05, 0.1) is 36.5 Å². The van der Waals surface area contributed by atoms with Gasteiger partial charge in [-0.1, -0.05) is 0 Å². The van der Waals surface area contributed by atoms with Crippen molar-refractivity contribution in [2.45, 2.75) is 90.2 Å². The van der Waals surface area contributed by atoms with Crippen molar-refractivity contribution < 1.29 is 23.6 Å². The van der Waals surface area contributed by atoms with Gasteiger partial charge in [-0.05, 0) is 72.7 Å². The Labute approximate surface area is 163 Å². The molecule has 3 rings (SSSR count). The molecule has 3 aliphatic rings. The van der Waals surface area contributed by atoms with Crippen LogP contribution in [0.5, 0.6) is 0 Å². The van der Waals surface area contributed by atoms with Crippen LogP contribution in [0.3, 0.4) is 0 Å². The molecule has 0 aromatic rings. The molecular weight excluding hydrogens is 345 g/mol.